The van der Waals surface area contributed by atoms with Crippen LogP contribution in [-0.2, 0) is 6.42 Å². The Bertz CT molecular complexity index is 353. The third kappa shape index (κ3) is 6.56. The predicted molar refractivity (Wildman–Crippen MR) is 90.2 cm³/mol. The summed E-state index contributed by atoms with van der Waals surface area (Å²) in [5.74, 6) is 2.27. The Hall–Kier alpha value is -0.820. The van der Waals surface area contributed by atoms with Crippen LogP contribution in [0.4, 0.5) is 0 Å². The number of rotatable bonds is 9. The van der Waals surface area contributed by atoms with Crippen molar-refractivity contribution in [2.45, 2.75) is 53.9 Å². The molecule has 0 bridgehead atoms. The molecule has 0 saturated heterocycles. The van der Waals surface area contributed by atoms with Crippen LogP contribution in [0.5, 0.6) is 0 Å². The Morgan fingerprint density at radius 2 is 1.65 bits per heavy atom. The summed E-state index contributed by atoms with van der Waals surface area (Å²) in [7, 11) is 0. The van der Waals surface area contributed by atoms with Crippen LogP contribution >= 0.6 is 0 Å². The second-order valence-corrected chi connectivity index (χ2v) is 6.77. The van der Waals surface area contributed by atoms with Gasteiger partial charge in [0.2, 0.25) is 0 Å². The third-order valence-corrected chi connectivity index (χ3v) is 4.13. The van der Waals surface area contributed by atoms with Gasteiger partial charge in [-0.05, 0) is 49.8 Å². The molecule has 0 spiro atoms. The average Bonchev–Trinajstić information content (AvgIpc) is 2.40. The topological polar surface area (TPSA) is 12.0 Å². The Kier molecular flexibility index (Phi) is 7.91. The first-order chi connectivity index (χ1) is 9.52. The summed E-state index contributed by atoms with van der Waals surface area (Å²) in [5, 5.41) is 3.66. The van der Waals surface area contributed by atoms with Gasteiger partial charge in [-0.2, -0.15) is 0 Å². The van der Waals surface area contributed by atoms with Gasteiger partial charge in [0.1, 0.15) is 0 Å². The molecule has 2 atom stereocenters. The molecular weight excluding hydrogens is 242 g/mol. The lowest BCUT2D eigenvalue weighted by Gasteiger charge is -2.25. The van der Waals surface area contributed by atoms with E-state index in [0.29, 0.717) is 0 Å². The molecule has 114 valence electrons. The Morgan fingerprint density at radius 1 is 1.00 bits per heavy atom. The standard InChI is InChI=1S/C19H33N/c1-6-7-17(5)19(14-20-13-15(2)3)12-18-10-8-16(4)9-11-18/h8-11,15,17,19-20H,6-7,12-14H2,1-5H3. The monoisotopic (exact) mass is 275 g/mol. The maximum atomic E-state index is 3.66. The van der Waals surface area contributed by atoms with E-state index < -0.39 is 0 Å². The van der Waals surface area contributed by atoms with E-state index >= 15 is 0 Å². The van der Waals surface area contributed by atoms with E-state index in [1.165, 1.54) is 30.4 Å². The maximum absolute atomic E-state index is 3.66. The first kappa shape index (κ1) is 17.2. The molecule has 0 heterocycles. The Balaban J connectivity index is 2.58. The molecule has 1 nitrogen and oxygen atoms in total. The number of aryl methyl sites for hydroxylation is 1. The molecule has 1 aromatic rings. The van der Waals surface area contributed by atoms with Gasteiger partial charge in [-0.1, -0.05) is 70.4 Å². The minimum Gasteiger partial charge on any atom is -0.316 e. The van der Waals surface area contributed by atoms with E-state index in [0.717, 1.165) is 30.8 Å². The van der Waals surface area contributed by atoms with E-state index in [1.54, 1.807) is 0 Å². The van der Waals surface area contributed by atoms with Gasteiger partial charge in [0.25, 0.3) is 0 Å². The molecule has 1 aromatic carbocycles. The summed E-state index contributed by atoms with van der Waals surface area (Å²) in [6, 6.07) is 9.06. The number of benzene rings is 1. The molecule has 1 rings (SSSR count). The Morgan fingerprint density at radius 3 is 2.20 bits per heavy atom. The van der Waals surface area contributed by atoms with Gasteiger partial charge in [0.15, 0.2) is 0 Å². The number of hydrogen-bond acceptors (Lipinski definition) is 1. The Labute approximate surface area is 126 Å². The summed E-state index contributed by atoms with van der Waals surface area (Å²) in [6.07, 6.45) is 3.82. The highest BCUT2D eigenvalue weighted by Crippen LogP contribution is 2.21. The van der Waals surface area contributed by atoms with E-state index in [2.05, 4.69) is 64.2 Å². The van der Waals surface area contributed by atoms with Crippen molar-refractivity contribution in [1.82, 2.24) is 5.32 Å². The fraction of sp³-hybridized carbons (Fsp3) is 0.684. The number of hydrogen-bond donors (Lipinski definition) is 1. The molecule has 1 heteroatoms. The van der Waals surface area contributed by atoms with E-state index in [-0.39, 0.29) is 0 Å². The molecule has 0 fully saturated rings. The van der Waals surface area contributed by atoms with Crippen molar-refractivity contribution in [3.63, 3.8) is 0 Å². The lowest BCUT2D eigenvalue weighted by atomic mass is 9.85. The summed E-state index contributed by atoms with van der Waals surface area (Å²) in [5.41, 5.74) is 2.83. The molecule has 0 amide bonds. The van der Waals surface area contributed by atoms with Crippen molar-refractivity contribution in [1.29, 1.82) is 0 Å². The van der Waals surface area contributed by atoms with E-state index in [9.17, 15) is 0 Å². The molecule has 1 N–H and O–H groups in total. The molecule has 0 aliphatic carbocycles. The van der Waals surface area contributed by atoms with Gasteiger partial charge < -0.3 is 5.32 Å². The fourth-order valence-corrected chi connectivity index (χ4v) is 2.75. The highest BCUT2D eigenvalue weighted by Gasteiger charge is 2.17. The smallest absolute Gasteiger partial charge is 0.00147 e. The van der Waals surface area contributed by atoms with Crippen LogP contribution in [0, 0.1) is 24.7 Å². The average molecular weight is 275 g/mol. The highest BCUT2D eigenvalue weighted by molar-refractivity contribution is 5.21. The first-order valence-electron chi connectivity index (χ1n) is 8.29. The lowest BCUT2D eigenvalue weighted by Crippen LogP contribution is -2.31. The fourth-order valence-electron chi connectivity index (χ4n) is 2.75. The first-order valence-corrected chi connectivity index (χ1v) is 8.29. The van der Waals surface area contributed by atoms with Gasteiger partial charge in [0.05, 0.1) is 0 Å². The van der Waals surface area contributed by atoms with Crippen LogP contribution < -0.4 is 5.32 Å². The van der Waals surface area contributed by atoms with Crippen molar-refractivity contribution >= 4 is 0 Å². The molecule has 20 heavy (non-hydrogen) atoms. The molecule has 0 saturated carbocycles. The summed E-state index contributed by atoms with van der Waals surface area (Å²) in [4.78, 5) is 0. The predicted octanol–water partition coefficient (Wildman–Crippen LogP) is 4.84. The van der Waals surface area contributed by atoms with Crippen LogP contribution in [0.2, 0.25) is 0 Å². The molecular formula is C19H33N. The summed E-state index contributed by atoms with van der Waals surface area (Å²) < 4.78 is 0. The minimum atomic E-state index is 0.733. The van der Waals surface area contributed by atoms with Gasteiger partial charge in [-0.15, -0.1) is 0 Å². The molecule has 0 radical (unpaired) electrons. The molecule has 2 unspecified atom stereocenters. The zero-order valence-electron chi connectivity index (χ0n) is 14.1. The van der Waals surface area contributed by atoms with Crippen LogP contribution in [0.15, 0.2) is 24.3 Å². The van der Waals surface area contributed by atoms with E-state index in [1.807, 2.05) is 0 Å². The summed E-state index contributed by atoms with van der Waals surface area (Å²) in [6.45, 7) is 13.7. The molecule has 0 aromatic heterocycles. The lowest BCUT2D eigenvalue weighted by molar-refractivity contribution is 0.313. The van der Waals surface area contributed by atoms with E-state index in [4.69, 9.17) is 0 Å². The largest absolute Gasteiger partial charge is 0.316 e. The second kappa shape index (κ2) is 9.18. The van der Waals surface area contributed by atoms with Gasteiger partial charge in [-0.3, -0.25) is 0 Å². The quantitative estimate of drug-likeness (QED) is 0.680. The van der Waals surface area contributed by atoms with Crippen LogP contribution in [0.3, 0.4) is 0 Å². The van der Waals surface area contributed by atoms with Gasteiger partial charge in [0, 0.05) is 0 Å². The van der Waals surface area contributed by atoms with Crippen LogP contribution in [0.25, 0.3) is 0 Å². The van der Waals surface area contributed by atoms with Crippen LogP contribution in [0.1, 0.15) is 51.7 Å². The van der Waals surface area contributed by atoms with Gasteiger partial charge in [-0.25, -0.2) is 0 Å². The zero-order valence-corrected chi connectivity index (χ0v) is 14.1. The van der Waals surface area contributed by atoms with Crippen molar-refractivity contribution < 1.29 is 0 Å². The minimum absolute atomic E-state index is 0.733. The van der Waals surface area contributed by atoms with Gasteiger partial charge >= 0.3 is 0 Å². The summed E-state index contributed by atoms with van der Waals surface area (Å²) >= 11 is 0. The highest BCUT2D eigenvalue weighted by atomic mass is 14.9. The van der Waals surface area contributed by atoms with Crippen molar-refractivity contribution in [3.8, 4) is 0 Å². The van der Waals surface area contributed by atoms with Crippen molar-refractivity contribution in [2.75, 3.05) is 13.1 Å². The second-order valence-electron chi connectivity index (χ2n) is 6.77. The zero-order chi connectivity index (χ0) is 15.0. The molecule has 0 aliphatic heterocycles. The van der Waals surface area contributed by atoms with Crippen molar-refractivity contribution in [2.24, 2.45) is 17.8 Å². The maximum Gasteiger partial charge on any atom is -0.00147 e. The third-order valence-electron chi connectivity index (χ3n) is 4.13. The SMILES string of the molecule is CCCC(C)C(CNCC(C)C)Cc1ccc(C)cc1. The van der Waals surface area contributed by atoms with Crippen molar-refractivity contribution in [3.05, 3.63) is 35.4 Å². The normalized spacial score (nSPS) is 14.5. The number of nitrogens with one attached hydrogen (secondary N) is 1. The van der Waals surface area contributed by atoms with Crippen LogP contribution in [-0.4, -0.2) is 13.1 Å². The molecule has 0 aliphatic rings.